The van der Waals surface area contributed by atoms with E-state index in [1.165, 1.54) is 0 Å². The summed E-state index contributed by atoms with van der Waals surface area (Å²) in [6, 6.07) is 17.1. The number of hydrogen-bond acceptors (Lipinski definition) is 6. The van der Waals surface area contributed by atoms with Crippen LogP contribution in [0.5, 0.6) is 5.75 Å². The highest BCUT2D eigenvalue weighted by atomic mass is 32.2. The number of ether oxygens (including phenoxy) is 2. The number of amides is 1. The van der Waals surface area contributed by atoms with Gasteiger partial charge in [-0.1, -0.05) is 55.3 Å². The van der Waals surface area contributed by atoms with E-state index in [2.05, 4.69) is 5.32 Å². The van der Waals surface area contributed by atoms with E-state index in [1.807, 2.05) is 54.6 Å². The standard InChI is InChI=1S/C24H31NO6S/c1-29-20-14-12-19(13-15-20)22(21-10-6-7-11-23(21)31-32(2,27)28)16-25-24(26)30-17-18-8-4-3-5-9-18/h3-5,8-9,12-15,21-23H,6-7,10-11,16-17H2,1-2H3,(H,25,26)/t21-,22-,23?/m0/s1. The fourth-order valence-electron chi connectivity index (χ4n) is 4.26. The van der Waals surface area contributed by atoms with E-state index in [4.69, 9.17) is 13.7 Å². The Kier molecular flexibility index (Phi) is 8.53. The topological polar surface area (TPSA) is 90.9 Å². The Bertz CT molecular complexity index is 962. The van der Waals surface area contributed by atoms with Gasteiger partial charge < -0.3 is 14.8 Å². The van der Waals surface area contributed by atoms with Gasteiger partial charge in [-0.05, 0) is 42.0 Å². The highest BCUT2D eigenvalue weighted by molar-refractivity contribution is 7.86. The van der Waals surface area contributed by atoms with Crippen LogP contribution in [0.3, 0.4) is 0 Å². The molecule has 174 valence electrons. The Hall–Kier alpha value is -2.58. The molecule has 1 amide bonds. The molecule has 7 nitrogen and oxygen atoms in total. The van der Waals surface area contributed by atoms with Crippen LogP contribution >= 0.6 is 0 Å². The highest BCUT2D eigenvalue weighted by Gasteiger charge is 2.35. The van der Waals surface area contributed by atoms with Gasteiger partial charge in [-0.15, -0.1) is 0 Å². The minimum atomic E-state index is -3.59. The van der Waals surface area contributed by atoms with Crippen molar-refractivity contribution in [1.82, 2.24) is 5.32 Å². The van der Waals surface area contributed by atoms with Gasteiger partial charge in [0, 0.05) is 12.5 Å². The molecule has 0 heterocycles. The Morgan fingerprint density at radius 1 is 1.06 bits per heavy atom. The molecule has 1 aliphatic carbocycles. The quantitative estimate of drug-likeness (QED) is 0.562. The number of carbonyl (C=O) groups is 1. The predicted octanol–water partition coefficient (Wildman–Crippen LogP) is 4.24. The van der Waals surface area contributed by atoms with Crippen LogP contribution in [0, 0.1) is 5.92 Å². The lowest BCUT2D eigenvalue weighted by molar-refractivity contribution is 0.0807. The summed E-state index contributed by atoms with van der Waals surface area (Å²) in [6.45, 7) is 0.497. The number of hydrogen-bond donors (Lipinski definition) is 1. The van der Waals surface area contributed by atoms with Crippen molar-refractivity contribution in [3.05, 3.63) is 65.7 Å². The second-order valence-electron chi connectivity index (χ2n) is 8.11. The zero-order chi connectivity index (χ0) is 23.0. The molecule has 1 saturated carbocycles. The maximum Gasteiger partial charge on any atom is 0.407 e. The normalized spacial score (nSPS) is 19.7. The molecule has 3 atom stereocenters. The molecule has 0 aromatic heterocycles. The van der Waals surface area contributed by atoms with E-state index < -0.39 is 22.3 Å². The van der Waals surface area contributed by atoms with E-state index in [-0.39, 0.29) is 18.4 Å². The molecule has 0 radical (unpaired) electrons. The van der Waals surface area contributed by atoms with Crippen LogP contribution in [0.25, 0.3) is 0 Å². The summed E-state index contributed by atoms with van der Waals surface area (Å²) in [5, 5.41) is 2.86. The van der Waals surface area contributed by atoms with Crippen molar-refractivity contribution in [2.45, 2.75) is 44.3 Å². The van der Waals surface area contributed by atoms with Crippen molar-refractivity contribution in [2.75, 3.05) is 19.9 Å². The van der Waals surface area contributed by atoms with Gasteiger partial charge in [0.1, 0.15) is 12.4 Å². The fraction of sp³-hybridized carbons (Fsp3) is 0.458. The maximum absolute atomic E-state index is 12.4. The van der Waals surface area contributed by atoms with Gasteiger partial charge in [0.05, 0.1) is 19.5 Å². The molecule has 0 saturated heterocycles. The Morgan fingerprint density at radius 3 is 2.41 bits per heavy atom. The summed E-state index contributed by atoms with van der Waals surface area (Å²) in [5.41, 5.74) is 1.89. The number of rotatable bonds is 9. The summed E-state index contributed by atoms with van der Waals surface area (Å²) in [6.07, 6.45) is 3.54. The molecule has 1 aliphatic rings. The molecule has 8 heteroatoms. The molecular weight excluding hydrogens is 430 g/mol. The molecule has 0 aliphatic heterocycles. The SMILES string of the molecule is COc1ccc([C@H](CNC(=O)OCc2ccccc2)[C@@H]2CCCCC2OS(C)(=O)=O)cc1. The van der Waals surface area contributed by atoms with E-state index in [0.717, 1.165) is 42.4 Å². The van der Waals surface area contributed by atoms with E-state index in [0.29, 0.717) is 13.0 Å². The smallest absolute Gasteiger partial charge is 0.407 e. The van der Waals surface area contributed by atoms with Crippen molar-refractivity contribution in [3.63, 3.8) is 0 Å². The van der Waals surface area contributed by atoms with Crippen LogP contribution in [0.15, 0.2) is 54.6 Å². The Labute approximate surface area is 190 Å². The summed E-state index contributed by atoms with van der Waals surface area (Å²) in [7, 11) is -1.98. The number of carbonyl (C=O) groups excluding carboxylic acids is 1. The van der Waals surface area contributed by atoms with Crippen LogP contribution in [0.4, 0.5) is 4.79 Å². The van der Waals surface area contributed by atoms with Crippen LogP contribution in [0.2, 0.25) is 0 Å². The largest absolute Gasteiger partial charge is 0.497 e. The number of nitrogens with one attached hydrogen (secondary N) is 1. The van der Waals surface area contributed by atoms with Gasteiger partial charge in [0.15, 0.2) is 0 Å². The second kappa shape index (κ2) is 11.3. The Balaban J connectivity index is 1.73. The Morgan fingerprint density at radius 2 is 1.75 bits per heavy atom. The molecule has 0 spiro atoms. The molecule has 0 bridgehead atoms. The van der Waals surface area contributed by atoms with Crippen LogP contribution in [-0.4, -0.2) is 40.5 Å². The third-order valence-corrected chi connectivity index (χ3v) is 6.39. The fourth-order valence-corrected chi connectivity index (χ4v) is 4.95. The van der Waals surface area contributed by atoms with Crippen molar-refractivity contribution in [3.8, 4) is 5.75 Å². The molecule has 1 fully saturated rings. The third kappa shape index (κ3) is 7.24. The zero-order valence-corrected chi connectivity index (χ0v) is 19.3. The predicted molar refractivity (Wildman–Crippen MR) is 122 cm³/mol. The first-order valence-corrected chi connectivity index (χ1v) is 12.6. The summed E-state index contributed by atoms with van der Waals surface area (Å²) in [4.78, 5) is 12.4. The molecule has 1 unspecified atom stereocenters. The van der Waals surface area contributed by atoms with E-state index in [9.17, 15) is 13.2 Å². The molecule has 2 aromatic rings. The first-order valence-electron chi connectivity index (χ1n) is 10.8. The van der Waals surface area contributed by atoms with Crippen molar-refractivity contribution < 1.29 is 26.9 Å². The molecule has 3 rings (SSSR count). The summed E-state index contributed by atoms with van der Waals surface area (Å²) < 4.78 is 39.8. The van der Waals surface area contributed by atoms with Gasteiger partial charge in [-0.2, -0.15) is 8.42 Å². The molecule has 2 aromatic carbocycles. The highest BCUT2D eigenvalue weighted by Crippen LogP contribution is 2.38. The number of benzene rings is 2. The molecule has 1 N–H and O–H groups in total. The number of methoxy groups -OCH3 is 1. The lowest BCUT2D eigenvalue weighted by Gasteiger charge is -2.36. The van der Waals surface area contributed by atoms with Crippen LogP contribution in [-0.2, 0) is 25.6 Å². The summed E-state index contributed by atoms with van der Waals surface area (Å²) >= 11 is 0. The van der Waals surface area contributed by atoms with Crippen LogP contribution in [0.1, 0.15) is 42.7 Å². The minimum absolute atomic E-state index is 0.0544. The van der Waals surface area contributed by atoms with Crippen molar-refractivity contribution in [1.29, 1.82) is 0 Å². The van der Waals surface area contributed by atoms with Crippen molar-refractivity contribution in [2.24, 2.45) is 5.92 Å². The van der Waals surface area contributed by atoms with Gasteiger partial charge in [-0.25, -0.2) is 4.79 Å². The maximum atomic E-state index is 12.4. The van der Waals surface area contributed by atoms with Crippen LogP contribution < -0.4 is 10.1 Å². The first-order chi connectivity index (χ1) is 15.4. The van der Waals surface area contributed by atoms with Gasteiger partial charge >= 0.3 is 6.09 Å². The molecule has 32 heavy (non-hydrogen) atoms. The zero-order valence-electron chi connectivity index (χ0n) is 18.5. The average Bonchev–Trinajstić information content (AvgIpc) is 2.79. The lowest BCUT2D eigenvalue weighted by atomic mass is 9.75. The van der Waals surface area contributed by atoms with Gasteiger partial charge in [0.2, 0.25) is 0 Å². The van der Waals surface area contributed by atoms with E-state index >= 15 is 0 Å². The lowest BCUT2D eigenvalue weighted by Crippen LogP contribution is -2.39. The van der Waals surface area contributed by atoms with E-state index in [1.54, 1.807) is 7.11 Å². The third-order valence-electron chi connectivity index (χ3n) is 5.79. The first kappa shape index (κ1) is 24.1. The monoisotopic (exact) mass is 461 g/mol. The summed E-state index contributed by atoms with van der Waals surface area (Å²) in [5.74, 6) is 0.550. The van der Waals surface area contributed by atoms with Gasteiger partial charge in [-0.3, -0.25) is 4.18 Å². The van der Waals surface area contributed by atoms with Gasteiger partial charge in [0.25, 0.3) is 10.1 Å². The second-order valence-corrected chi connectivity index (χ2v) is 9.71. The molecular formula is C24H31NO6S. The minimum Gasteiger partial charge on any atom is -0.497 e. The average molecular weight is 462 g/mol. The van der Waals surface area contributed by atoms with Crippen molar-refractivity contribution >= 4 is 16.2 Å². The number of alkyl carbamates (subject to hydrolysis) is 1.